The number of carboxylic acid groups (broad SMARTS) is 1. The summed E-state index contributed by atoms with van der Waals surface area (Å²) in [7, 11) is 0. The van der Waals surface area contributed by atoms with Gasteiger partial charge in [0, 0.05) is 19.2 Å². The number of nitrogens with one attached hydrogen (secondary N) is 3. The molecule has 0 saturated heterocycles. The maximum atomic E-state index is 11.3. The van der Waals surface area contributed by atoms with Gasteiger partial charge in [0.05, 0.1) is 11.9 Å². The van der Waals surface area contributed by atoms with Gasteiger partial charge < -0.3 is 20.8 Å². The summed E-state index contributed by atoms with van der Waals surface area (Å²) >= 11 is 0. The van der Waals surface area contributed by atoms with Crippen LogP contribution in [0.4, 0.5) is 10.5 Å². The number of urea groups is 1. The van der Waals surface area contributed by atoms with Crippen LogP contribution >= 0.6 is 0 Å². The smallest absolute Gasteiger partial charge is 0.326 e. The number of carbonyl (C=O) groups excluding carboxylic acids is 1. The SMILES string of the molecule is O=C(Nc1cn[nH]c1)N[C@H](CCO)C(=O)O. The molecule has 8 heteroatoms. The van der Waals surface area contributed by atoms with Crippen LogP contribution in [0.2, 0.25) is 0 Å². The lowest BCUT2D eigenvalue weighted by atomic mass is 10.2. The number of H-pyrrole nitrogens is 1. The van der Waals surface area contributed by atoms with Gasteiger partial charge in [-0.2, -0.15) is 5.10 Å². The number of amides is 2. The Bertz CT molecular complexity index is 351. The molecular formula is C8H12N4O4. The summed E-state index contributed by atoms with van der Waals surface area (Å²) in [5.41, 5.74) is 0.422. The Hall–Kier alpha value is -2.09. The summed E-state index contributed by atoms with van der Waals surface area (Å²) in [6.07, 6.45) is 2.77. The maximum absolute atomic E-state index is 11.3. The zero-order valence-corrected chi connectivity index (χ0v) is 8.30. The molecule has 0 aliphatic rings. The van der Waals surface area contributed by atoms with Crippen LogP contribution in [0.25, 0.3) is 0 Å². The lowest BCUT2D eigenvalue weighted by molar-refractivity contribution is -0.139. The summed E-state index contributed by atoms with van der Waals surface area (Å²) in [6.45, 7) is -0.317. The molecule has 1 heterocycles. The fraction of sp³-hybridized carbons (Fsp3) is 0.375. The van der Waals surface area contributed by atoms with Crippen molar-refractivity contribution in [1.82, 2.24) is 15.5 Å². The van der Waals surface area contributed by atoms with Crippen LogP contribution in [0.5, 0.6) is 0 Å². The second-order valence-electron chi connectivity index (χ2n) is 2.99. The third kappa shape index (κ3) is 3.58. The number of hydrogen-bond acceptors (Lipinski definition) is 4. The van der Waals surface area contributed by atoms with Crippen molar-refractivity contribution >= 4 is 17.7 Å². The van der Waals surface area contributed by atoms with Crippen LogP contribution in [0, 0.1) is 0 Å². The second kappa shape index (κ2) is 5.71. The fourth-order valence-corrected chi connectivity index (χ4v) is 1.03. The number of carbonyl (C=O) groups is 2. The van der Waals surface area contributed by atoms with Crippen molar-refractivity contribution in [3.05, 3.63) is 12.4 Å². The molecule has 5 N–H and O–H groups in total. The quantitative estimate of drug-likeness (QED) is 0.458. The normalized spacial score (nSPS) is 11.8. The predicted molar refractivity (Wildman–Crippen MR) is 53.9 cm³/mol. The van der Waals surface area contributed by atoms with Gasteiger partial charge in [0.2, 0.25) is 0 Å². The lowest BCUT2D eigenvalue weighted by Crippen LogP contribution is -2.43. The average Bonchev–Trinajstić information content (AvgIpc) is 2.69. The van der Waals surface area contributed by atoms with E-state index in [0.29, 0.717) is 5.69 Å². The van der Waals surface area contributed by atoms with E-state index in [4.69, 9.17) is 10.2 Å². The molecule has 0 bridgehead atoms. The second-order valence-corrected chi connectivity index (χ2v) is 2.99. The number of rotatable bonds is 5. The van der Waals surface area contributed by atoms with Crippen LogP contribution in [-0.2, 0) is 4.79 Å². The van der Waals surface area contributed by atoms with Crippen molar-refractivity contribution in [2.24, 2.45) is 0 Å². The van der Waals surface area contributed by atoms with E-state index in [2.05, 4.69) is 20.8 Å². The molecule has 1 atom stereocenters. The minimum atomic E-state index is -1.20. The molecule has 1 rings (SSSR count). The number of carboxylic acids is 1. The van der Waals surface area contributed by atoms with Crippen molar-refractivity contribution in [2.75, 3.05) is 11.9 Å². The number of aliphatic hydroxyl groups excluding tert-OH is 1. The van der Waals surface area contributed by atoms with E-state index in [-0.39, 0.29) is 13.0 Å². The standard InChI is InChI=1S/C8H12N4O4/c13-2-1-6(7(14)15)12-8(16)11-5-3-9-10-4-5/h3-4,6,13H,1-2H2,(H,9,10)(H,14,15)(H2,11,12,16)/t6-/m1/s1. The molecule has 0 aliphatic carbocycles. The molecule has 1 aromatic rings. The Labute approximate surface area is 90.7 Å². The first-order valence-corrected chi connectivity index (χ1v) is 4.53. The summed E-state index contributed by atoms with van der Waals surface area (Å²) in [5, 5.41) is 28.0. The fourth-order valence-electron chi connectivity index (χ4n) is 1.03. The monoisotopic (exact) mass is 228 g/mol. The first-order chi connectivity index (χ1) is 7.63. The number of aromatic amines is 1. The number of aromatic nitrogens is 2. The van der Waals surface area contributed by atoms with Gasteiger partial charge in [-0.3, -0.25) is 5.10 Å². The lowest BCUT2D eigenvalue weighted by Gasteiger charge is -2.13. The number of hydrogen-bond donors (Lipinski definition) is 5. The largest absolute Gasteiger partial charge is 0.480 e. The topological polar surface area (TPSA) is 127 Å². The van der Waals surface area contributed by atoms with E-state index in [1.54, 1.807) is 0 Å². The summed E-state index contributed by atoms with van der Waals surface area (Å²) < 4.78 is 0. The van der Waals surface area contributed by atoms with Gasteiger partial charge in [0.1, 0.15) is 6.04 Å². The van der Waals surface area contributed by atoms with Gasteiger partial charge in [0.15, 0.2) is 0 Å². The van der Waals surface area contributed by atoms with Gasteiger partial charge in [-0.05, 0) is 0 Å². The summed E-state index contributed by atoms with van der Waals surface area (Å²) in [4.78, 5) is 21.9. The Balaban J connectivity index is 2.45. The highest BCUT2D eigenvalue weighted by atomic mass is 16.4. The maximum Gasteiger partial charge on any atom is 0.326 e. The van der Waals surface area contributed by atoms with Crippen molar-refractivity contribution < 1.29 is 19.8 Å². The number of anilines is 1. The molecule has 0 spiro atoms. The van der Waals surface area contributed by atoms with E-state index in [1.807, 2.05) is 0 Å². The molecule has 88 valence electrons. The first-order valence-electron chi connectivity index (χ1n) is 4.53. The molecule has 0 fully saturated rings. The molecule has 1 aromatic heterocycles. The number of aliphatic carboxylic acids is 1. The molecule has 0 radical (unpaired) electrons. The number of aliphatic hydroxyl groups is 1. The molecule has 0 saturated carbocycles. The zero-order chi connectivity index (χ0) is 12.0. The molecule has 0 aromatic carbocycles. The highest BCUT2D eigenvalue weighted by molar-refractivity contribution is 5.91. The zero-order valence-electron chi connectivity index (χ0n) is 8.30. The third-order valence-corrected chi connectivity index (χ3v) is 1.78. The third-order valence-electron chi connectivity index (χ3n) is 1.78. The minimum absolute atomic E-state index is 0.0475. The first kappa shape index (κ1) is 12.0. The summed E-state index contributed by atoms with van der Waals surface area (Å²) in [6, 6.07) is -1.78. The van der Waals surface area contributed by atoms with E-state index in [9.17, 15) is 9.59 Å². The van der Waals surface area contributed by atoms with Crippen LogP contribution in [-0.4, -0.2) is 45.1 Å². The predicted octanol–water partition coefficient (Wildman–Crippen LogP) is -0.633. The highest BCUT2D eigenvalue weighted by Gasteiger charge is 2.19. The van der Waals surface area contributed by atoms with Crippen molar-refractivity contribution in [3.8, 4) is 0 Å². The van der Waals surface area contributed by atoms with Gasteiger partial charge in [-0.15, -0.1) is 0 Å². The van der Waals surface area contributed by atoms with E-state index in [0.717, 1.165) is 0 Å². The number of nitrogens with zero attached hydrogens (tertiary/aromatic N) is 1. The Morgan fingerprint density at radius 3 is 2.81 bits per heavy atom. The Kier molecular flexibility index (Phi) is 4.28. The highest BCUT2D eigenvalue weighted by Crippen LogP contribution is 2.01. The van der Waals surface area contributed by atoms with Crippen LogP contribution in [0.3, 0.4) is 0 Å². The molecule has 8 nitrogen and oxygen atoms in total. The summed E-state index contributed by atoms with van der Waals surface area (Å²) in [5.74, 6) is -1.20. The van der Waals surface area contributed by atoms with Gasteiger partial charge in [-0.25, -0.2) is 9.59 Å². The van der Waals surface area contributed by atoms with Crippen molar-refractivity contribution in [1.29, 1.82) is 0 Å². The molecule has 2 amide bonds. The molecular weight excluding hydrogens is 216 g/mol. The van der Waals surface area contributed by atoms with Crippen LogP contribution < -0.4 is 10.6 Å². The van der Waals surface area contributed by atoms with Crippen molar-refractivity contribution in [3.63, 3.8) is 0 Å². The molecule has 16 heavy (non-hydrogen) atoms. The minimum Gasteiger partial charge on any atom is -0.480 e. The van der Waals surface area contributed by atoms with Crippen LogP contribution in [0.15, 0.2) is 12.4 Å². The van der Waals surface area contributed by atoms with E-state index < -0.39 is 18.0 Å². The van der Waals surface area contributed by atoms with Gasteiger partial charge in [0.25, 0.3) is 0 Å². The Morgan fingerprint density at radius 1 is 1.56 bits per heavy atom. The van der Waals surface area contributed by atoms with Gasteiger partial charge in [-0.1, -0.05) is 0 Å². The molecule has 0 unspecified atom stereocenters. The molecule has 0 aliphatic heterocycles. The van der Waals surface area contributed by atoms with Crippen LogP contribution in [0.1, 0.15) is 6.42 Å². The van der Waals surface area contributed by atoms with E-state index >= 15 is 0 Å². The van der Waals surface area contributed by atoms with Crippen molar-refractivity contribution in [2.45, 2.75) is 12.5 Å². The van der Waals surface area contributed by atoms with Gasteiger partial charge >= 0.3 is 12.0 Å². The van der Waals surface area contributed by atoms with E-state index in [1.165, 1.54) is 12.4 Å². The Morgan fingerprint density at radius 2 is 2.31 bits per heavy atom. The average molecular weight is 228 g/mol.